The number of nitrogens with one attached hydrogen (secondary N) is 3. The third-order valence-corrected chi connectivity index (χ3v) is 3.14. The van der Waals surface area contributed by atoms with Gasteiger partial charge in [0.2, 0.25) is 11.8 Å². The summed E-state index contributed by atoms with van der Waals surface area (Å²) >= 11 is 0. The molecule has 2 amide bonds. The minimum Gasteiger partial charge on any atom is -0.354 e. The second-order valence-electron chi connectivity index (χ2n) is 5.21. The van der Waals surface area contributed by atoms with E-state index in [1.54, 1.807) is 0 Å². The number of carbonyl (C=O) groups is 2. The molecule has 5 nitrogen and oxygen atoms in total. The lowest BCUT2D eigenvalue weighted by molar-refractivity contribution is -0.125. The van der Waals surface area contributed by atoms with E-state index < -0.39 is 0 Å². The van der Waals surface area contributed by atoms with Crippen LogP contribution in [0, 0.1) is 11.8 Å². The van der Waals surface area contributed by atoms with Crippen LogP contribution in [0.25, 0.3) is 0 Å². The van der Waals surface area contributed by atoms with Crippen LogP contribution in [-0.4, -0.2) is 38.0 Å². The normalized spacial score (nSPS) is 19.6. The fraction of sp³-hybridized carbons (Fsp3) is 0.846. The Labute approximate surface area is 109 Å². The molecule has 0 saturated carbocycles. The average molecular weight is 255 g/mol. The molecular formula is C13H25N3O2. The van der Waals surface area contributed by atoms with E-state index in [0.29, 0.717) is 25.4 Å². The number of hydrogen-bond donors (Lipinski definition) is 3. The van der Waals surface area contributed by atoms with Gasteiger partial charge in [0.05, 0.1) is 0 Å². The number of carbonyl (C=O) groups excluding carboxylic acids is 2. The van der Waals surface area contributed by atoms with Gasteiger partial charge < -0.3 is 16.0 Å². The van der Waals surface area contributed by atoms with Crippen molar-refractivity contribution in [2.24, 2.45) is 11.8 Å². The van der Waals surface area contributed by atoms with Crippen molar-refractivity contribution in [1.82, 2.24) is 16.0 Å². The summed E-state index contributed by atoms with van der Waals surface area (Å²) < 4.78 is 0. The van der Waals surface area contributed by atoms with Gasteiger partial charge in [0, 0.05) is 25.4 Å². The highest BCUT2D eigenvalue weighted by molar-refractivity contribution is 5.78. The minimum atomic E-state index is -0.00554. The summed E-state index contributed by atoms with van der Waals surface area (Å²) in [7, 11) is 0. The van der Waals surface area contributed by atoms with E-state index in [9.17, 15) is 9.59 Å². The molecule has 5 heteroatoms. The van der Waals surface area contributed by atoms with Gasteiger partial charge in [0.15, 0.2) is 0 Å². The molecule has 1 atom stereocenters. The van der Waals surface area contributed by atoms with Crippen LogP contribution in [-0.2, 0) is 9.59 Å². The summed E-state index contributed by atoms with van der Waals surface area (Å²) in [6, 6.07) is 0. The fourth-order valence-corrected chi connectivity index (χ4v) is 2.02. The Morgan fingerprint density at radius 2 is 2.00 bits per heavy atom. The summed E-state index contributed by atoms with van der Waals surface area (Å²) in [5.74, 6) is 0.571. The van der Waals surface area contributed by atoms with Crippen LogP contribution in [0.5, 0.6) is 0 Å². The van der Waals surface area contributed by atoms with Gasteiger partial charge in [-0.1, -0.05) is 13.8 Å². The van der Waals surface area contributed by atoms with Gasteiger partial charge >= 0.3 is 0 Å². The molecule has 0 bridgehead atoms. The van der Waals surface area contributed by atoms with Gasteiger partial charge in [-0.25, -0.2) is 0 Å². The first-order chi connectivity index (χ1) is 8.59. The highest BCUT2D eigenvalue weighted by Crippen LogP contribution is 2.13. The van der Waals surface area contributed by atoms with Crippen molar-refractivity contribution in [2.45, 2.75) is 33.1 Å². The van der Waals surface area contributed by atoms with E-state index in [4.69, 9.17) is 0 Å². The lowest BCUT2D eigenvalue weighted by atomic mass is 9.96. The van der Waals surface area contributed by atoms with Crippen molar-refractivity contribution in [2.75, 3.05) is 26.2 Å². The molecule has 0 aromatic rings. The third kappa shape index (κ3) is 6.00. The van der Waals surface area contributed by atoms with Crippen LogP contribution in [0.1, 0.15) is 33.1 Å². The maximum Gasteiger partial charge on any atom is 0.222 e. The van der Waals surface area contributed by atoms with Crippen molar-refractivity contribution >= 4 is 11.8 Å². The Hall–Kier alpha value is -1.10. The van der Waals surface area contributed by atoms with Crippen LogP contribution in [0.2, 0.25) is 0 Å². The Morgan fingerprint density at radius 3 is 2.61 bits per heavy atom. The van der Waals surface area contributed by atoms with Gasteiger partial charge in [0.1, 0.15) is 0 Å². The van der Waals surface area contributed by atoms with E-state index in [0.717, 1.165) is 25.9 Å². The molecule has 1 fully saturated rings. The lowest BCUT2D eigenvalue weighted by Crippen LogP contribution is -2.38. The smallest absolute Gasteiger partial charge is 0.222 e. The largest absolute Gasteiger partial charge is 0.354 e. The van der Waals surface area contributed by atoms with Gasteiger partial charge in [-0.2, -0.15) is 0 Å². The van der Waals surface area contributed by atoms with Gasteiger partial charge in [-0.3, -0.25) is 9.59 Å². The van der Waals surface area contributed by atoms with Crippen molar-refractivity contribution in [3.63, 3.8) is 0 Å². The number of rotatable bonds is 6. The Kier molecular flexibility index (Phi) is 6.72. The summed E-state index contributed by atoms with van der Waals surface area (Å²) in [5, 5.41) is 8.92. The van der Waals surface area contributed by atoms with E-state index in [1.807, 2.05) is 13.8 Å². The highest BCUT2D eigenvalue weighted by atomic mass is 16.2. The molecule has 3 N–H and O–H groups in total. The van der Waals surface area contributed by atoms with Crippen LogP contribution >= 0.6 is 0 Å². The Bertz CT molecular complexity index is 273. The van der Waals surface area contributed by atoms with E-state index >= 15 is 0 Å². The Balaban J connectivity index is 2.04. The lowest BCUT2D eigenvalue weighted by Gasteiger charge is -2.22. The molecule has 18 heavy (non-hydrogen) atoms. The second kappa shape index (κ2) is 8.08. The van der Waals surface area contributed by atoms with Crippen molar-refractivity contribution in [3.8, 4) is 0 Å². The monoisotopic (exact) mass is 255 g/mol. The maximum atomic E-state index is 11.6. The zero-order valence-corrected chi connectivity index (χ0v) is 11.4. The van der Waals surface area contributed by atoms with Crippen molar-refractivity contribution in [1.29, 1.82) is 0 Å². The predicted molar refractivity (Wildman–Crippen MR) is 71.1 cm³/mol. The van der Waals surface area contributed by atoms with Crippen LogP contribution in [0.3, 0.4) is 0 Å². The molecule has 0 aliphatic carbocycles. The molecule has 1 aliphatic rings. The molecule has 1 aliphatic heterocycles. The standard InChI is InChI=1S/C13H25N3O2/c1-10(2)13(18)16-7-6-15-12(17)8-11-4-3-5-14-9-11/h10-11,14H,3-9H2,1-2H3,(H,15,17)(H,16,18). The van der Waals surface area contributed by atoms with Gasteiger partial charge in [-0.05, 0) is 31.8 Å². The number of piperidine rings is 1. The SMILES string of the molecule is CC(C)C(=O)NCCNC(=O)CC1CCCNC1. The fourth-order valence-electron chi connectivity index (χ4n) is 2.02. The predicted octanol–water partition coefficient (Wildman–Crippen LogP) is 0.265. The summed E-state index contributed by atoms with van der Waals surface area (Å²) in [6.07, 6.45) is 2.87. The summed E-state index contributed by atoms with van der Waals surface area (Å²) in [5.41, 5.74) is 0. The molecule has 1 unspecified atom stereocenters. The maximum absolute atomic E-state index is 11.6. The van der Waals surface area contributed by atoms with Crippen molar-refractivity contribution < 1.29 is 9.59 Å². The third-order valence-electron chi connectivity index (χ3n) is 3.14. The number of hydrogen-bond acceptors (Lipinski definition) is 3. The zero-order chi connectivity index (χ0) is 13.4. The van der Waals surface area contributed by atoms with E-state index in [2.05, 4.69) is 16.0 Å². The van der Waals surface area contributed by atoms with E-state index in [1.165, 1.54) is 0 Å². The van der Waals surface area contributed by atoms with Crippen LogP contribution in [0.15, 0.2) is 0 Å². The minimum absolute atomic E-state index is 0.00554. The van der Waals surface area contributed by atoms with E-state index in [-0.39, 0.29) is 17.7 Å². The first kappa shape index (κ1) is 15.0. The molecule has 0 aromatic carbocycles. The molecule has 0 aromatic heterocycles. The van der Waals surface area contributed by atoms with Crippen molar-refractivity contribution in [3.05, 3.63) is 0 Å². The second-order valence-corrected chi connectivity index (χ2v) is 5.21. The summed E-state index contributed by atoms with van der Waals surface area (Å²) in [4.78, 5) is 22.9. The molecule has 1 rings (SSSR count). The quantitative estimate of drug-likeness (QED) is 0.596. The number of amides is 2. The topological polar surface area (TPSA) is 70.2 Å². The van der Waals surface area contributed by atoms with Crippen LogP contribution in [0.4, 0.5) is 0 Å². The highest BCUT2D eigenvalue weighted by Gasteiger charge is 2.16. The molecule has 0 spiro atoms. The molecular weight excluding hydrogens is 230 g/mol. The first-order valence-electron chi connectivity index (χ1n) is 6.84. The molecule has 0 radical (unpaired) electrons. The first-order valence-corrected chi connectivity index (χ1v) is 6.84. The molecule has 104 valence electrons. The molecule has 1 heterocycles. The van der Waals surface area contributed by atoms with Gasteiger partial charge in [-0.15, -0.1) is 0 Å². The average Bonchev–Trinajstić information content (AvgIpc) is 2.35. The Morgan fingerprint density at radius 1 is 1.28 bits per heavy atom. The molecule has 1 saturated heterocycles. The van der Waals surface area contributed by atoms with Gasteiger partial charge in [0.25, 0.3) is 0 Å². The zero-order valence-electron chi connectivity index (χ0n) is 11.4. The van der Waals surface area contributed by atoms with Crippen LogP contribution < -0.4 is 16.0 Å². The summed E-state index contributed by atoms with van der Waals surface area (Å²) in [6.45, 7) is 6.73.